The van der Waals surface area contributed by atoms with Crippen LogP contribution in [0.4, 0.5) is 15.8 Å². The Labute approximate surface area is 182 Å². The molecule has 0 unspecified atom stereocenters. The molecule has 0 bridgehead atoms. The van der Waals surface area contributed by atoms with Crippen LogP contribution in [0.2, 0.25) is 0 Å². The molecule has 4 rings (SSSR count). The largest absolute Gasteiger partial charge is 0.480 e. The molecule has 32 heavy (non-hydrogen) atoms. The van der Waals surface area contributed by atoms with Gasteiger partial charge < -0.3 is 10.5 Å². The zero-order valence-corrected chi connectivity index (χ0v) is 17.9. The molecule has 3 N–H and O–H groups in total. The van der Waals surface area contributed by atoms with Crippen molar-refractivity contribution in [2.75, 3.05) is 17.6 Å². The average Bonchev–Trinajstić information content (AvgIpc) is 2.75. The zero-order valence-electron chi connectivity index (χ0n) is 17.0. The number of nitrogen functional groups attached to an aromatic ring is 1. The molecule has 3 heterocycles. The Hall–Kier alpha value is -3.99. The minimum absolute atomic E-state index is 0.00405. The molecule has 0 spiro atoms. The van der Waals surface area contributed by atoms with Gasteiger partial charge in [0.2, 0.25) is 5.88 Å². The molecule has 0 radical (unpaired) electrons. The van der Waals surface area contributed by atoms with E-state index in [0.717, 1.165) is 12.1 Å². The van der Waals surface area contributed by atoms with E-state index in [9.17, 15) is 17.6 Å². The van der Waals surface area contributed by atoms with Crippen molar-refractivity contribution in [1.82, 2.24) is 14.4 Å². The molecule has 0 amide bonds. The van der Waals surface area contributed by atoms with Gasteiger partial charge in [0.25, 0.3) is 15.6 Å². The number of sulfonamides is 1. The SMILES string of the molecule is COc1ncc(-c2ccc3ncc(N)c(=O)n3c2)cc1NS(=O)(=O)c1ccc(F)cc1C. The number of benzene rings is 1. The number of fused-ring (bicyclic) bond motifs is 1. The van der Waals surface area contributed by atoms with Gasteiger partial charge in [0, 0.05) is 23.5 Å². The van der Waals surface area contributed by atoms with E-state index in [-0.39, 0.29) is 27.7 Å². The number of ether oxygens (including phenoxy) is 1. The second-order valence-electron chi connectivity index (χ2n) is 6.96. The molecular formula is C21H18FN5O4S. The molecule has 0 saturated carbocycles. The van der Waals surface area contributed by atoms with Crippen molar-refractivity contribution in [3.63, 3.8) is 0 Å². The fourth-order valence-corrected chi connectivity index (χ4v) is 4.50. The van der Waals surface area contributed by atoms with Crippen LogP contribution >= 0.6 is 0 Å². The molecule has 0 atom stereocenters. The fourth-order valence-electron chi connectivity index (χ4n) is 3.22. The molecule has 3 aromatic heterocycles. The molecule has 0 fully saturated rings. The highest BCUT2D eigenvalue weighted by Crippen LogP contribution is 2.30. The molecular weight excluding hydrogens is 437 g/mol. The third-order valence-electron chi connectivity index (χ3n) is 4.78. The first-order valence-electron chi connectivity index (χ1n) is 9.30. The number of aromatic nitrogens is 3. The summed E-state index contributed by atoms with van der Waals surface area (Å²) in [6, 6.07) is 8.25. The third-order valence-corrected chi connectivity index (χ3v) is 6.30. The van der Waals surface area contributed by atoms with Crippen molar-refractivity contribution >= 4 is 27.0 Å². The van der Waals surface area contributed by atoms with E-state index in [2.05, 4.69) is 14.7 Å². The Morgan fingerprint density at radius 2 is 1.88 bits per heavy atom. The van der Waals surface area contributed by atoms with E-state index in [0.29, 0.717) is 16.8 Å². The van der Waals surface area contributed by atoms with Gasteiger partial charge in [0.05, 0.1) is 18.2 Å². The summed E-state index contributed by atoms with van der Waals surface area (Å²) in [6.07, 6.45) is 4.30. The predicted octanol–water partition coefficient (Wildman–Crippen LogP) is 2.60. The van der Waals surface area contributed by atoms with Gasteiger partial charge in [-0.2, -0.15) is 0 Å². The summed E-state index contributed by atoms with van der Waals surface area (Å²) in [5, 5.41) is 0. The minimum Gasteiger partial charge on any atom is -0.480 e. The first kappa shape index (κ1) is 21.2. The minimum atomic E-state index is -4.06. The van der Waals surface area contributed by atoms with Crippen molar-refractivity contribution in [3.8, 4) is 17.0 Å². The normalized spacial score (nSPS) is 11.5. The Morgan fingerprint density at radius 1 is 1.09 bits per heavy atom. The number of nitrogens with one attached hydrogen (secondary N) is 1. The second kappa shape index (κ2) is 7.93. The van der Waals surface area contributed by atoms with E-state index in [4.69, 9.17) is 10.5 Å². The summed E-state index contributed by atoms with van der Waals surface area (Å²) in [6.45, 7) is 1.50. The van der Waals surface area contributed by atoms with Gasteiger partial charge in [-0.3, -0.25) is 13.9 Å². The van der Waals surface area contributed by atoms with Crippen LogP contribution in [0, 0.1) is 12.7 Å². The van der Waals surface area contributed by atoms with Gasteiger partial charge in [-0.15, -0.1) is 0 Å². The van der Waals surface area contributed by atoms with Crippen molar-refractivity contribution in [2.24, 2.45) is 0 Å². The van der Waals surface area contributed by atoms with Crippen molar-refractivity contribution in [3.05, 3.63) is 76.7 Å². The second-order valence-corrected chi connectivity index (χ2v) is 8.61. The van der Waals surface area contributed by atoms with E-state index in [1.165, 1.54) is 49.2 Å². The van der Waals surface area contributed by atoms with Crippen molar-refractivity contribution < 1.29 is 17.5 Å². The summed E-state index contributed by atoms with van der Waals surface area (Å²) in [5.74, 6) is -0.495. The number of aryl methyl sites for hydroxylation is 1. The van der Waals surface area contributed by atoms with E-state index in [1.807, 2.05) is 0 Å². The molecule has 4 aromatic rings. The summed E-state index contributed by atoms with van der Waals surface area (Å²) in [4.78, 5) is 20.5. The zero-order chi connectivity index (χ0) is 23.0. The Kier molecular flexibility index (Phi) is 5.26. The highest BCUT2D eigenvalue weighted by molar-refractivity contribution is 7.92. The summed E-state index contributed by atoms with van der Waals surface area (Å²) < 4.78 is 48.2. The van der Waals surface area contributed by atoms with Crippen molar-refractivity contribution in [1.29, 1.82) is 0 Å². The van der Waals surface area contributed by atoms with Gasteiger partial charge in [-0.1, -0.05) is 0 Å². The lowest BCUT2D eigenvalue weighted by molar-refractivity contribution is 0.400. The maximum absolute atomic E-state index is 13.4. The van der Waals surface area contributed by atoms with Crippen LogP contribution in [0.3, 0.4) is 0 Å². The van der Waals surface area contributed by atoms with Crippen LogP contribution in [0.1, 0.15) is 5.56 Å². The molecule has 0 aliphatic heterocycles. The molecule has 1 aromatic carbocycles. The Morgan fingerprint density at radius 3 is 2.59 bits per heavy atom. The Balaban J connectivity index is 1.79. The quantitative estimate of drug-likeness (QED) is 0.473. The number of methoxy groups -OCH3 is 1. The van der Waals surface area contributed by atoms with Crippen LogP contribution in [0.5, 0.6) is 5.88 Å². The molecule has 11 heteroatoms. The molecule has 0 aliphatic carbocycles. The third kappa shape index (κ3) is 3.85. The first-order chi connectivity index (χ1) is 15.2. The van der Waals surface area contributed by atoms with Gasteiger partial charge in [0.1, 0.15) is 22.8 Å². The summed E-state index contributed by atoms with van der Waals surface area (Å²) in [7, 11) is -2.70. The molecule has 0 saturated heterocycles. The predicted molar refractivity (Wildman–Crippen MR) is 118 cm³/mol. The summed E-state index contributed by atoms with van der Waals surface area (Å²) in [5.41, 5.74) is 7.04. The number of hydrogen-bond donors (Lipinski definition) is 2. The monoisotopic (exact) mass is 455 g/mol. The number of nitrogens with zero attached hydrogens (tertiary/aromatic N) is 3. The van der Waals surface area contributed by atoms with Crippen LogP contribution in [0.25, 0.3) is 16.8 Å². The number of rotatable bonds is 5. The summed E-state index contributed by atoms with van der Waals surface area (Å²) >= 11 is 0. The van der Waals surface area contributed by atoms with Gasteiger partial charge in [0.15, 0.2) is 0 Å². The maximum Gasteiger partial charge on any atom is 0.281 e. The molecule has 164 valence electrons. The van der Waals surface area contributed by atoms with Crippen molar-refractivity contribution in [2.45, 2.75) is 11.8 Å². The first-order valence-corrected chi connectivity index (χ1v) is 10.8. The standard InChI is InChI=1S/C21H18FN5O4S/c1-12-7-15(22)4-5-18(12)32(29,30)26-17-8-14(9-25-20(17)31-2)13-3-6-19-24-10-16(23)21(28)27(19)11-13/h3-11,26H,23H2,1-2H3. The number of pyridine rings is 2. The number of halogens is 1. The van der Waals surface area contributed by atoms with Crippen LogP contribution < -0.4 is 20.8 Å². The van der Waals surface area contributed by atoms with E-state index >= 15 is 0 Å². The van der Waals surface area contributed by atoms with Gasteiger partial charge >= 0.3 is 0 Å². The lowest BCUT2D eigenvalue weighted by atomic mass is 10.1. The lowest BCUT2D eigenvalue weighted by Crippen LogP contribution is -2.18. The number of anilines is 2. The molecule has 0 aliphatic rings. The van der Waals surface area contributed by atoms with Gasteiger partial charge in [-0.25, -0.2) is 22.8 Å². The fraction of sp³-hybridized carbons (Fsp3) is 0.0952. The highest BCUT2D eigenvalue weighted by atomic mass is 32.2. The Bertz CT molecular complexity index is 1520. The van der Waals surface area contributed by atoms with Crippen LogP contribution in [-0.4, -0.2) is 29.9 Å². The van der Waals surface area contributed by atoms with Crippen LogP contribution in [-0.2, 0) is 10.0 Å². The number of nitrogens with two attached hydrogens (primary N) is 1. The average molecular weight is 455 g/mol. The molecule has 9 nitrogen and oxygen atoms in total. The van der Waals surface area contributed by atoms with Crippen LogP contribution in [0.15, 0.2) is 64.7 Å². The highest BCUT2D eigenvalue weighted by Gasteiger charge is 2.20. The van der Waals surface area contributed by atoms with E-state index in [1.54, 1.807) is 12.1 Å². The maximum atomic E-state index is 13.4. The lowest BCUT2D eigenvalue weighted by Gasteiger charge is -2.14. The van der Waals surface area contributed by atoms with Gasteiger partial charge in [-0.05, 0) is 48.9 Å². The number of hydrogen-bond acceptors (Lipinski definition) is 7. The smallest absolute Gasteiger partial charge is 0.281 e. The van der Waals surface area contributed by atoms with E-state index < -0.39 is 21.4 Å². The topological polar surface area (TPSA) is 129 Å².